The molecule has 2 aliphatic carbocycles. The first-order valence-electron chi connectivity index (χ1n) is 9.43. The first-order valence-corrected chi connectivity index (χ1v) is 9.43. The third kappa shape index (κ3) is 2.72. The summed E-state index contributed by atoms with van der Waals surface area (Å²) in [5, 5.41) is 43.4. The van der Waals surface area contributed by atoms with Gasteiger partial charge in [-0.2, -0.15) is 0 Å². The molecule has 8 nitrogen and oxygen atoms in total. The number of phenolic OH excluding ortho intramolecular Hbond substituents is 2. The summed E-state index contributed by atoms with van der Waals surface area (Å²) in [5.41, 5.74) is -2.49. The third-order valence-corrected chi connectivity index (χ3v) is 5.92. The second-order valence-electron chi connectivity index (χ2n) is 7.80. The van der Waals surface area contributed by atoms with Gasteiger partial charge in [0.15, 0.2) is 11.6 Å². The Hall–Kier alpha value is -3.23. The highest BCUT2D eigenvalue weighted by molar-refractivity contribution is 6.30. The van der Waals surface area contributed by atoms with Gasteiger partial charge in [-0.25, -0.2) is 0 Å². The number of fused-ring (bicyclic) bond motifs is 3. The van der Waals surface area contributed by atoms with Gasteiger partial charge in [0.25, 0.3) is 0 Å². The van der Waals surface area contributed by atoms with Gasteiger partial charge < -0.3 is 25.2 Å². The van der Waals surface area contributed by atoms with E-state index >= 15 is 0 Å². The molecule has 8 heteroatoms. The zero-order valence-corrected chi connectivity index (χ0v) is 16.3. The molecule has 3 atom stereocenters. The van der Waals surface area contributed by atoms with E-state index in [1.54, 1.807) is 12.1 Å². The van der Waals surface area contributed by atoms with Crippen molar-refractivity contribution in [3.63, 3.8) is 0 Å². The van der Waals surface area contributed by atoms with E-state index in [9.17, 15) is 34.8 Å². The molecule has 0 fully saturated rings. The van der Waals surface area contributed by atoms with Gasteiger partial charge in [-0.15, -0.1) is 0 Å². The van der Waals surface area contributed by atoms with Gasteiger partial charge >= 0.3 is 5.97 Å². The van der Waals surface area contributed by atoms with E-state index in [4.69, 9.17) is 4.74 Å². The number of phenols is 2. The predicted molar refractivity (Wildman–Crippen MR) is 103 cm³/mol. The molecule has 30 heavy (non-hydrogen) atoms. The fraction of sp³-hybridized carbons (Fsp3) is 0.318. The minimum absolute atomic E-state index is 0.0629. The molecule has 4 N–H and O–H groups in total. The third-order valence-electron chi connectivity index (χ3n) is 5.92. The summed E-state index contributed by atoms with van der Waals surface area (Å²) in [7, 11) is 0. The summed E-state index contributed by atoms with van der Waals surface area (Å²) in [4.78, 5) is 37.3. The lowest BCUT2D eigenvalue weighted by molar-refractivity contribution is -0.166. The quantitative estimate of drug-likeness (QED) is 0.367. The summed E-state index contributed by atoms with van der Waals surface area (Å²) in [6, 6.07) is 6.05. The molecule has 2 aromatic rings. The van der Waals surface area contributed by atoms with Crippen molar-refractivity contribution < 1.29 is 39.5 Å². The highest BCUT2D eigenvalue weighted by atomic mass is 16.6. The zero-order valence-electron chi connectivity index (χ0n) is 16.3. The number of aliphatic hydroxyl groups is 2. The Balaban J connectivity index is 1.92. The van der Waals surface area contributed by atoms with Crippen LogP contribution in [-0.2, 0) is 16.0 Å². The highest BCUT2D eigenvalue weighted by Gasteiger charge is 2.48. The molecular formula is C22H20O8. The zero-order chi connectivity index (χ0) is 22.0. The average molecular weight is 412 g/mol. The van der Waals surface area contributed by atoms with E-state index in [1.807, 2.05) is 0 Å². The first kappa shape index (κ1) is 20.1. The van der Waals surface area contributed by atoms with Crippen molar-refractivity contribution in [1.82, 2.24) is 0 Å². The molecule has 0 saturated carbocycles. The van der Waals surface area contributed by atoms with E-state index in [-0.39, 0.29) is 46.2 Å². The lowest BCUT2D eigenvalue weighted by Crippen LogP contribution is -2.48. The van der Waals surface area contributed by atoms with Gasteiger partial charge in [0.1, 0.15) is 23.2 Å². The van der Waals surface area contributed by atoms with Crippen LogP contribution in [0.1, 0.15) is 69.3 Å². The minimum atomic E-state index is -1.75. The Labute approximate surface area is 171 Å². The van der Waals surface area contributed by atoms with Crippen LogP contribution in [0.5, 0.6) is 11.5 Å². The van der Waals surface area contributed by atoms with Crippen molar-refractivity contribution in [3.05, 3.63) is 57.6 Å². The molecule has 0 saturated heterocycles. The van der Waals surface area contributed by atoms with Crippen molar-refractivity contribution in [1.29, 1.82) is 0 Å². The smallest absolute Gasteiger partial charge is 0.302 e. The maximum absolute atomic E-state index is 13.0. The molecule has 4 rings (SSSR count). The van der Waals surface area contributed by atoms with Crippen LogP contribution in [0.25, 0.3) is 0 Å². The molecule has 156 valence electrons. The lowest BCUT2D eigenvalue weighted by Gasteiger charge is -2.40. The van der Waals surface area contributed by atoms with Gasteiger partial charge in [0.05, 0.1) is 17.2 Å². The molecule has 0 heterocycles. The van der Waals surface area contributed by atoms with Crippen LogP contribution in [0.3, 0.4) is 0 Å². The lowest BCUT2D eigenvalue weighted by atomic mass is 9.72. The number of carbonyl (C=O) groups is 3. The summed E-state index contributed by atoms with van der Waals surface area (Å²) in [5.74, 6) is -3.10. The number of esters is 1. The number of carbonyl (C=O) groups excluding carboxylic acids is 3. The Bertz CT molecular complexity index is 1120. The molecule has 0 radical (unpaired) electrons. The molecule has 0 aromatic heterocycles. The minimum Gasteiger partial charge on any atom is -0.507 e. The number of ether oxygens (including phenoxy) is 1. The van der Waals surface area contributed by atoms with Crippen LogP contribution in [0.4, 0.5) is 0 Å². The van der Waals surface area contributed by atoms with Gasteiger partial charge in [0.2, 0.25) is 0 Å². The van der Waals surface area contributed by atoms with Crippen LogP contribution in [0.2, 0.25) is 0 Å². The summed E-state index contributed by atoms with van der Waals surface area (Å²) in [6.45, 7) is 2.62. The second kappa shape index (κ2) is 6.65. The number of benzene rings is 2. The van der Waals surface area contributed by atoms with Crippen molar-refractivity contribution in [2.24, 2.45) is 0 Å². The maximum atomic E-state index is 13.0. The standard InChI is InChI=1S/C22H20O8/c1-9(30-10(2)23)22(29)7-13-15(14(24)8-22)21(28)17-16(20(13)27)18(25)11-5-3-4-6-12(11)19(17)26/h3-6,9,14,24,27-29H,7-8H2,1-2H3/t9-,14-,22-/m0/s1. The van der Waals surface area contributed by atoms with Gasteiger partial charge in [-0.1, -0.05) is 24.3 Å². The topological polar surface area (TPSA) is 141 Å². The fourth-order valence-electron chi connectivity index (χ4n) is 4.40. The van der Waals surface area contributed by atoms with E-state index in [1.165, 1.54) is 26.0 Å². The Kier molecular flexibility index (Phi) is 4.44. The monoisotopic (exact) mass is 412 g/mol. The Morgan fingerprint density at radius 3 is 2.17 bits per heavy atom. The predicted octanol–water partition coefficient (Wildman–Crippen LogP) is 1.54. The number of aromatic hydroxyl groups is 2. The number of rotatable bonds is 2. The van der Waals surface area contributed by atoms with Gasteiger partial charge in [-0.3, -0.25) is 14.4 Å². The molecule has 0 aliphatic heterocycles. The van der Waals surface area contributed by atoms with Crippen LogP contribution in [0, 0.1) is 0 Å². The van der Waals surface area contributed by atoms with Crippen LogP contribution >= 0.6 is 0 Å². The van der Waals surface area contributed by atoms with E-state index in [0.717, 1.165) is 0 Å². The summed E-state index contributed by atoms with van der Waals surface area (Å²) >= 11 is 0. The van der Waals surface area contributed by atoms with Gasteiger partial charge in [-0.05, 0) is 6.92 Å². The van der Waals surface area contributed by atoms with E-state index in [0.29, 0.717) is 0 Å². The largest absolute Gasteiger partial charge is 0.507 e. The average Bonchev–Trinajstić information content (AvgIpc) is 2.67. The summed E-state index contributed by atoms with van der Waals surface area (Å²) in [6.07, 6.45) is -3.11. The number of hydrogen-bond donors (Lipinski definition) is 4. The fourth-order valence-corrected chi connectivity index (χ4v) is 4.40. The van der Waals surface area contributed by atoms with Crippen molar-refractivity contribution in [2.75, 3.05) is 0 Å². The molecule has 0 spiro atoms. The molecule has 0 unspecified atom stereocenters. The molecule has 2 aliphatic rings. The van der Waals surface area contributed by atoms with Gasteiger partial charge in [0, 0.05) is 42.0 Å². The Morgan fingerprint density at radius 1 is 1.10 bits per heavy atom. The SMILES string of the molecule is CC(=O)O[C@@H](C)[C@]1(O)Cc2c(O)c3c(c(O)c2[C@@H](O)C1)C(=O)c1ccccc1C3=O. The maximum Gasteiger partial charge on any atom is 0.302 e. The summed E-state index contributed by atoms with van der Waals surface area (Å²) < 4.78 is 5.06. The van der Waals surface area contributed by atoms with Crippen molar-refractivity contribution >= 4 is 17.5 Å². The highest BCUT2D eigenvalue weighted by Crippen LogP contribution is 2.50. The molecule has 2 aromatic carbocycles. The second-order valence-corrected chi connectivity index (χ2v) is 7.80. The normalized spacial score (nSPS) is 23.3. The number of aliphatic hydroxyl groups excluding tert-OH is 1. The first-order chi connectivity index (χ1) is 14.1. The van der Waals surface area contributed by atoms with E-state index < -0.39 is 46.8 Å². The van der Waals surface area contributed by atoms with Crippen molar-refractivity contribution in [3.8, 4) is 11.5 Å². The number of ketones is 2. The van der Waals surface area contributed by atoms with Crippen molar-refractivity contribution in [2.45, 2.75) is 44.5 Å². The van der Waals surface area contributed by atoms with Crippen LogP contribution < -0.4 is 0 Å². The molecule has 0 amide bonds. The van der Waals surface area contributed by atoms with E-state index in [2.05, 4.69) is 0 Å². The molecular weight excluding hydrogens is 392 g/mol. The van der Waals surface area contributed by atoms with Crippen LogP contribution in [0.15, 0.2) is 24.3 Å². The molecule has 0 bridgehead atoms. The van der Waals surface area contributed by atoms with Crippen LogP contribution in [-0.4, -0.2) is 49.7 Å². The Morgan fingerprint density at radius 2 is 1.63 bits per heavy atom. The number of hydrogen-bond acceptors (Lipinski definition) is 8.